The van der Waals surface area contributed by atoms with Crippen molar-refractivity contribution in [3.05, 3.63) is 28.0 Å². The van der Waals surface area contributed by atoms with E-state index in [4.69, 9.17) is 23.2 Å². The molecule has 2 saturated carbocycles. The lowest BCUT2D eigenvalue weighted by Crippen LogP contribution is -2.43. The largest absolute Gasteiger partial charge is 0.351 e. The molecule has 2 aliphatic carbocycles. The molecule has 3 rings (SSSR count). The molecule has 21 heavy (non-hydrogen) atoms. The van der Waals surface area contributed by atoms with Gasteiger partial charge in [0.2, 0.25) is 0 Å². The molecule has 1 aromatic heterocycles. The first-order valence-corrected chi connectivity index (χ1v) is 8.43. The van der Waals surface area contributed by atoms with E-state index in [1.54, 1.807) is 0 Å². The third-order valence-corrected chi connectivity index (χ3v) is 5.56. The summed E-state index contributed by atoms with van der Waals surface area (Å²) < 4.78 is 0. The Labute approximate surface area is 135 Å². The van der Waals surface area contributed by atoms with E-state index in [1.807, 2.05) is 0 Å². The fourth-order valence-corrected chi connectivity index (χ4v) is 4.37. The predicted molar refractivity (Wildman–Crippen MR) is 84.8 cm³/mol. The van der Waals surface area contributed by atoms with Crippen LogP contribution in [0.5, 0.6) is 0 Å². The van der Waals surface area contributed by atoms with Crippen LogP contribution in [0.25, 0.3) is 0 Å². The Morgan fingerprint density at radius 2 is 2.05 bits per heavy atom. The normalized spacial score (nSPS) is 28.2. The minimum Gasteiger partial charge on any atom is -0.351 e. The topological polar surface area (TPSA) is 42.0 Å². The standard InChI is InChI=1S/C16H20Cl2N2O/c17-13-9-19-14(18)7-12(13)15(21)20-10-16-5-1-3-11(8-16)4-2-6-16/h7,9,11H,1-6,8,10H2,(H,20,21). The fraction of sp³-hybridized carbons (Fsp3) is 0.625. The number of carbonyl (C=O) groups excluding carboxylic acids is 1. The molecule has 1 amide bonds. The molecule has 0 atom stereocenters. The number of hydrogen-bond donors (Lipinski definition) is 1. The van der Waals surface area contributed by atoms with Gasteiger partial charge in [0, 0.05) is 12.7 Å². The van der Waals surface area contributed by atoms with Gasteiger partial charge >= 0.3 is 0 Å². The second kappa shape index (κ2) is 6.13. The van der Waals surface area contributed by atoms with Crippen LogP contribution in [0.2, 0.25) is 10.2 Å². The van der Waals surface area contributed by atoms with E-state index in [1.165, 1.54) is 57.2 Å². The lowest BCUT2D eigenvalue weighted by Gasteiger charge is -2.45. The summed E-state index contributed by atoms with van der Waals surface area (Å²) in [6.07, 6.45) is 10.5. The zero-order valence-corrected chi connectivity index (χ0v) is 13.5. The molecule has 114 valence electrons. The molecule has 0 aromatic carbocycles. The van der Waals surface area contributed by atoms with Gasteiger partial charge in [0.05, 0.1) is 10.6 Å². The van der Waals surface area contributed by atoms with E-state index in [9.17, 15) is 4.79 Å². The average Bonchev–Trinajstić information content (AvgIpc) is 2.47. The summed E-state index contributed by atoms with van der Waals surface area (Å²) in [5, 5.41) is 3.71. The second-order valence-electron chi connectivity index (χ2n) is 6.52. The highest BCUT2D eigenvalue weighted by Crippen LogP contribution is 2.48. The minimum atomic E-state index is -0.147. The summed E-state index contributed by atoms with van der Waals surface area (Å²) in [6.45, 7) is 0.749. The van der Waals surface area contributed by atoms with Crippen LogP contribution in [0.3, 0.4) is 0 Å². The molecule has 3 nitrogen and oxygen atoms in total. The zero-order chi connectivity index (χ0) is 14.9. The van der Waals surface area contributed by atoms with Crippen molar-refractivity contribution in [1.29, 1.82) is 0 Å². The zero-order valence-electron chi connectivity index (χ0n) is 12.0. The molecule has 0 aliphatic heterocycles. The van der Waals surface area contributed by atoms with Crippen molar-refractivity contribution in [3.8, 4) is 0 Å². The molecular formula is C16H20Cl2N2O. The number of fused-ring (bicyclic) bond motifs is 2. The number of aromatic nitrogens is 1. The van der Waals surface area contributed by atoms with E-state index < -0.39 is 0 Å². The van der Waals surface area contributed by atoms with Crippen molar-refractivity contribution in [2.75, 3.05) is 6.54 Å². The number of rotatable bonds is 3. The van der Waals surface area contributed by atoms with Crippen LogP contribution in [0.1, 0.15) is 55.3 Å². The number of amides is 1. The van der Waals surface area contributed by atoms with Gasteiger partial charge in [-0.1, -0.05) is 48.9 Å². The number of nitrogens with zero attached hydrogens (tertiary/aromatic N) is 1. The average molecular weight is 327 g/mol. The lowest BCUT2D eigenvalue weighted by atomic mass is 9.62. The maximum absolute atomic E-state index is 12.3. The quantitative estimate of drug-likeness (QED) is 0.832. The molecule has 0 spiro atoms. The Balaban J connectivity index is 1.66. The fourth-order valence-electron chi connectivity index (χ4n) is 4.02. The Hall–Kier alpha value is -0.800. The molecule has 0 saturated heterocycles. The monoisotopic (exact) mass is 326 g/mol. The molecular weight excluding hydrogens is 307 g/mol. The van der Waals surface area contributed by atoms with Crippen LogP contribution in [-0.2, 0) is 0 Å². The van der Waals surface area contributed by atoms with Crippen molar-refractivity contribution in [1.82, 2.24) is 10.3 Å². The van der Waals surface area contributed by atoms with E-state index in [0.717, 1.165) is 12.5 Å². The van der Waals surface area contributed by atoms with Crippen LogP contribution in [0.4, 0.5) is 0 Å². The van der Waals surface area contributed by atoms with E-state index in [-0.39, 0.29) is 11.1 Å². The molecule has 1 N–H and O–H groups in total. The van der Waals surface area contributed by atoms with Crippen molar-refractivity contribution in [3.63, 3.8) is 0 Å². The van der Waals surface area contributed by atoms with Gasteiger partial charge in [0.25, 0.3) is 5.91 Å². The number of hydrogen-bond acceptors (Lipinski definition) is 2. The highest BCUT2D eigenvalue weighted by molar-refractivity contribution is 6.35. The summed E-state index contributed by atoms with van der Waals surface area (Å²) in [5.41, 5.74) is 0.719. The van der Waals surface area contributed by atoms with Gasteiger partial charge in [-0.15, -0.1) is 0 Å². The third kappa shape index (κ3) is 3.35. The highest BCUT2D eigenvalue weighted by Gasteiger charge is 2.39. The lowest BCUT2D eigenvalue weighted by molar-refractivity contribution is 0.0682. The van der Waals surface area contributed by atoms with Crippen LogP contribution in [0.15, 0.2) is 12.3 Å². The number of halogens is 2. The Bertz CT molecular complexity index is 537. The molecule has 1 aromatic rings. The Morgan fingerprint density at radius 3 is 2.76 bits per heavy atom. The SMILES string of the molecule is O=C(NCC12CCCC(CCC1)C2)c1cc(Cl)ncc1Cl. The van der Waals surface area contributed by atoms with Crippen molar-refractivity contribution in [2.45, 2.75) is 44.9 Å². The van der Waals surface area contributed by atoms with Gasteiger partial charge in [0.15, 0.2) is 0 Å². The third-order valence-electron chi connectivity index (χ3n) is 5.05. The van der Waals surface area contributed by atoms with Crippen LogP contribution in [0, 0.1) is 11.3 Å². The smallest absolute Gasteiger partial charge is 0.252 e. The first-order valence-electron chi connectivity index (χ1n) is 7.67. The molecule has 0 unspecified atom stereocenters. The van der Waals surface area contributed by atoms with Gasteiger partial charge in [-0.2, -0.15) is 0 Å². The van der Waals surface area contributed by atoms with E-state index >= 15 is 0 Å². The highest BCUT2D eigenvalue weighted by atomic mass is 35.5. The summed E-state index contributed by atoms with van der Waals surface area (Å²) in [4.78, 5) is 16.2. The van der Waals surface area contributed by atoms with Crippen LogP contribution < -0.4 is 5.32 Å². The number of nitrogens with one attached hydrogen (secondary N) is 1. The summed E-state index contributed by atoms with van der Waals surface area (Å²) >= 11 is 11.9. The Morgan fingerprint density at radius 1 is 1.33 bits per heavy atom. The maximum atomic E-state index is 12.3. The molecule has 0 radical (unpaired) electrons. The minimum absolute atomic E-state index is 0.147. The maximum Gasteiger partial charge on any atom is 0.252 e. The van der Waals surface area contributed by atoms with Gasteiger partial charge < -0.3 is 5.32 Å². The van der Waals surface area contributed by atoms with Crippen LogP contribution in [-0.4, -0.2) is 17.4 Å². The van der Waals surface area contributed by atoms with Crippen molar-refractivity contribution in [2.24, 2.45) is 11.3 Å². The first kappa shape index (κ1) is 15.1. The summed E-state index contributed by atoms with van der Waals surface area (Å²) in [6, 6.07) is 1.53. The molecule has 2 aliphatic rings. The van der Waals surface area contributed by atoms with Crippen LogP contribution >= 0.6 is 23.2 Å². The molecule has 2 fully saturated rings. The molecule has 1 heterocycles. The van der Waals surface area contributed by atoms with E-state index in [2.05, 4.69) is 10.3 Å². The predicted octanol–water partition coefficient (Wildman–Crippen LogP) is 4.48. The number of pyridine rings is 1. The van der Waals surface area contributed by atoms with Crippen molar-refractivity contribution >= 4 is 29.1 Å². The summed E-state index contributed by atoms with van der Waals surface area (Å²) in [7, 11) is 0. The first-order chi connectivity index (χ1) is 10.1. The number of carbonyl (C=O) groups is 1. The van der Waals surface area contributed by atoms with Gasteiger partial charge in [-0.25, -0.2) is 4.98 Å². The van der Waals surface area contributed by atoms with Gasteiger partial charge in [0.1, 0.15) is 5.15 Å². The van der Waals surface area contributed by atoms with Gasteiger partial charge in [-0.05, 0) is 36.7 Å². The van der Waals surface area contributed by atoms with Crippen molar-refractivity contribution < 1.29 is 4.79 Å². The second-order valence-corrected chi connectivity index (χ2v) is 7.32. The molecule has 5 heteroatoms. The van der Waals surface area contributed by atoms with E-state index in [0.29, 0.717) is 16.0 Å². The van der Waals surface area contributed by atoms with Gasteiger partial charge in [-0.3, -0.25) is 4.79 Å². The Kier molecular flexibility index (Phi) is 4.41. The molecule has 2 bridgehead atoms. The summed E-state index contributed by atoms with van der Waals surface area (Å²) in [5.74, 6) is 0.717.